The summed E-state index contributed by atoms with van der Waals surface area (Å²) in [5.41, 5.74) is 0. The van der Waals surface area contributed by atoms with Crippen LogP contribution in [0.15, 0.2) is 0 Å². The van der Waals surface area contributed by atoms with Gasteiger partial charge in [0.15, 0.2) is 6.10 Å². The minimum atomic E-state index is -0.522. The van der Waals surface area contributed by atoms with Gasteiger partial charge in [0.1, 0.15) is 6.61 Å². The van der Waals surface area contributed by atoms with Crippen LogP contribution in [0.3, 0.4) is 0 Å². The summed E-state index contributed by atoms with van der Waals surface area (Å²) in [6.07, 6.45) is 55.5. The Bertz CT molecular complexity index is 799. The molecule has 0 saturated heterocycles. The SMILES string of the molecule is CCCCCCCCCCCCCCCCCCCCCCOCC(COC(=O)CCCCCCCCCCCCC)OC(=O)CCCCCCCCCCCCC. The van der Waals surface area contributed by atoms with Gasteiger partial charge in [-0.05, 0) is 19.3 Å². The monoisotopic (exact) mass is 821 g/mol. The molecule has 0 aromatic rings. The van der Waals surface area contributed by atoms with Gasteiger partial charge in [-0.25, -0.2) is 0 Å². The van der Waals surface area contributed by atoms with Gasteiger partial charge in [0.05, 0.1) is 6.61 Å². The van der Waals surface area contributed by atoms with Crippen LogP contribution in [0, 0.1) is 0 Å². The minimum absolute atomic E-state index is 0.0973. The second-order valence-electron chi connectivity index (χ2n) is 18.2. The Morgan fingerprint density at radius 1 is 0.310 bits per heavy atom. The largest absolute Gasteiger partial charge is 0.462 e. The van der Waals surface area contributed by atoms with Gasteiger partial charge in [0.2, 0.25) is 0 Å². The second kappa shape index (κ2) is 50.3. The average molecular weight is 821 g/mol. The normalized spacial score (nSPS) is 12.0. The van der Waals surface area contributed by atoms with Crippen molar-refractivity contribution in [1.29, 1.82) is 0 Å². The molecule has 0 radical (unpaired) electrons. The van der Waals surface area contributed by atoms with E-state index in [0.29, 0.717) is 26.1 Å². The molecule has 0 bridgehead atoms. The third-order valence-corrected chi connectivity index (χ3v) is 12.1. The molecular weight excluding hydrogens is 717 g/mol. The number of ether oxygens (including phenoxy) is 3. The van der Waals surface area contributed by atoms with E-state index in [9.17, 15) is 9.59 Å². The summed E-state index contributed by atoms with van der Waals surface area (Å²) in [6.45, 7) is 7.89. The van der Waals surface area contributed by atoms with E-state index in [4.69, 9.17) is 14.2 Å². The molecule has 0 aromatic heterocycles. The van der Waals surface area contributed by atoms with Crippen LogP contribution in [0.5, 0.6) is 0 Å². The van der Waals surface area contributed by atoms with Crippen molar-refractivity contribution in [2.75, 3.05) is 19.8 Å². The molecule has 0 fully saturated rings. The quantitative estimate of drug-likeness (QED) is 0.0452. The van der Waals surface area contributed by atoms with Crippen LogP contribution in [0.2, 0.25) is 0 Å². The van der Waals surface area contributed by atoms with E-state index in [1.807, 2.05) is 0 Å². The molecule has 1 unspecified atom stereocenters. The summed E-state index contributed by atoms with van der Waals surface area (Å²) in [6, 6.07) is 0. The molecule has 58 heavy (non-hydrogen) atoms. The van der Waals surface area contributed by atoms with E-state index in [-0.39, 0.29) is 18.5 Å². The van der Waals surface area contributed by atoms with Crippen molar-refractivity contribution in [3.8, 4) is 0 Å². The third-order valence-electron chi connectivity index (χ3n) is 12.1. The van der Waals surface area contributed by atoms with E-state index >= 15 is 0 Å². The van der Waals surface area contributed by atoms with Gasteiger partial charge in [0, 0.05) is 19.4 Å². The summed E-state index contributed by atoms with van der Waals surface area (Å²) in [4.78, 5) is 25.3. The van der Waals surface area contributed by atoms with Gasteiger partial charge in [-0.15, -0.1) is 0 Å². The molecule has 0 amide bonds. The van der Waals surface area contributed by atoms with E-state index in [2.05, 4.69) is 20.8 Å². The highest BCUT2D eigenvalue weighted by atomic mass is 16.6. The number of hydrogen-bond acceptors (Lipinski definition) is 5. The van der Waals surface area contributed by atoms with E-state index in [0.717, 1.165) is 32.1 Å². The van der Waals surface area contributed by atoms with Crippen LogP contribution in [0.1, 0.15) is 303 Å². The highest BCUT2D eigenvalue weighted by Crippen LogP contribution is 2.17. The first-order valence-corrected chi connectivity index (χ1v) is 26.6. The van der Waals surface area contributed by atoms with Gasteiger partial charge in [0.25, 0.3) is 0 Å². The maximum absolute atomic E-state index is 12.7. The van der Waals surface area contributed by atoms with Crippen LogP contribution in [0.25, 0.3) is 0 Å². The first-order chi connectivity index (χ1) is 28.6. The topological polar surface area (TPSA) is 61.8 Å². The predicted molar refractivity (Wildman–Crippen MR) is 252 cm³/mol. The average Bonchev–Trinajstić information content (AvgIpc) is 3.22. The molecule has 0 rings (SSSR count). The predicted octanol–water partition coefficient (Wildman–Crippen LogP) is 17.7. The smallest absolute Gasteiger partial charge is 0.306 e. The molecular formula is C53H104O5. The summed E-state index contributed by atoms with van der Waals surface area (Å²) >= 11 is 0. The summed E-state index contributed by atoms with van der Waals surface area (Å²) < 4.78 is 17.4. The highest BCUT2D eigenvalue weighted by Gasteiger charge is 2.17. The van der Waals surface area contributed by atoms with Crippen molar-refractivity contribution in [1.82, 2.24) is 0 Å². The van der Waals surface area contributed by atoms with Crippen molar-refractivity contribution in [2.24, 2.45) is 0 Å². The Hall–Kier alpha value is -1.10. The molecule has 0 spiro atoms. The van der Waals surface area contributed by atoms with Crippen molar-refractivity contribution in [3.05, 3.63) is 0 Å². The number of esters is 2. The Morgan fingerprint density at radius 2 is 0.569 bits per heavy atom. The van der Waals surface area contributed by atoms with Crippen LogP contribution in [-0.4, -0.2) is 37.9 Å². The molecule has 0 heterocycles. The minimum Gasteiger partial charge on any atom is -0.462 e. The molecule has 0 aliphatic rings. The van der Waals surface area contributed by atoms with Crippen LogP contribution in [0.4, 0.5) is 0 Å². The van der Waals surface area contributed by atoms with Gasteiger partial charge in [-0.2, -0.15) is 0 Å². The van der Waals surface area contributed by atoms with Crippen molar-refractivity contribution in [2.45, 2.75) is 309 Å². The number of rotatable bonds is 50. The number of unbranched alkanes of at least 4 members (excludes halogenated alkanes) is 39. The first kappa shape index (κ1) is 56.9. The van der Waals surface area contributed by atoms with Crippen LogP contribution < -0.4 is 0 Å². The molecule has 1 atom stereocenters. The van der Waals surface area contributed by atoms with Crippen molar-refractivity contribution in [3.63, 3.8) is 0 Å². The Balaban J connectivity index is 4.09. The van der Waals surface area contributed by atoms with Gasteiger partial charge in [-0.1, -0.05) is 271 Å². The zero-order chi connectivity index (χ0) is 42.1. The van der Waals surface area contributed by atoms with Crippen molar-refractivity contribution < 1.29 is 23.8 Å². The molecule has 346 valence electrons. The summed E-state index contributed by atoms with van der Waals surface area (Å²) in [5.74, 6) is -0.374. The maximum atomic E-state index is 12.7. The highest BCUT2D eigenvalue weighted by molar-refractivity contribution is 5.70. The Morgan fingerprint density at radius 3 is 0.879 bits per heavy atom. The Kier molecular flexibility index (Phi) is 49.3. The lowest BCUT2D eigenvalue weighted by Crippen LogP contribution is -2.30. The zero-order valence-corrected chi connectivity index (χ0v) is 39.9. The lowest BCUT2D eigenvalue weighted by atomic mass is 10.0. The Labute approximate surface area is 363 Å². The van der Waals surface area contributed by atoms with Crippen molar-refractivity contribution >= 4 is 11.9 Å². The van der Waals surface area contributed by atoms with E-state index in [1.165, 1.54) is 238 Å². The lowest BCUT2D eigenvalue weighted by molar-refractivity contribution is -0.163. The number of carbonyl (C=O) groups is 2. The number of carbonyl (C=O) groups excluding carboxylic acids is 2. The molecule has 0 N–H and O–H groups in total. The van der Waals surface area contributed by atoms with Gasteiger partial charge in [-0.3, -0.25) is 9.59 Å². The molecule has 0 aromatic carbocycles. The third kappa shape index (κ3) is 47.6. The number of hydrogen-bond donors (Lipinski definition) is 0. The van der Waals surface area contributed by atoms with Crippen LogP contribution in [-0.2, 0) is 23.8 Å². The fourth-order valence-corrected chi connectivity index (χ4v) is 8.16. The summed E-state index contributed by atoms with van der Waals surface area (Å²) in [7, 11) is 0. The molecule has 0 aliphatic heterocycles. The standard InChI is InChI=1S/C53H104O5/c1-4-7-10-13-16-19-22-23-24-25-26-27-28-29-30-33-36-39-42-45-48-56-49-51(58-53(55)47-44-41-38-35-32-21-18-15-12-9-6-3)50-57-52(54)46-43-40-37-34-31-20-17-14-11-8-5-2/h51H,4-50H2,1-3H3. The molecule has 0 saturated carbocycles. The second-order valence-corrected chi connectivity index (χ2v) is 18.2. The van der Waals surface area contributed by atoms with E-state index in [1.54, 1.807) is 0 Å². The summed E-state index contributed by atoms with van der Waals surface area (Å²) in [5, 5.41) is 0. The maximum Gasteiger partial charge on any atom is 0.306 e. The fraction of sp³-hybridized carbons (Fsp3) is 0.962. The molecule has 5 heteroatoms. The first-order valence-electron chi connectivity index (χ1n) is 26.6. The van der Waals surface area contributed by atoms with E-state index < -0.39 is 6.10 Å². The zero-order valence-electron chi connectivity index (χ0n) is 39.9. The molecule has 5 nitrogen and oxygen atoms in total. The fourth-order valence-electron chi connectivity index (χ4n) is 8.16. The lowest BCUT2D eigenvalue weighted by Gasteiger charge is -2.18. The van der Waals surface area contributed by atoms with Gasteiger partial charge < -0.3 is 14.2 Å². The van der Waals surface area contributed by atoms with Gasteiger partial charge >= 0.3 is 11.9 Å². The molecule has 0 aliphatic carbocycles. The van der Waals surface area contributed by atoms with Crippen LogP contribution >= 0.6 is 0 Å².